The van der Waals surface area contributed by atoms with Crippen LogP contribution in [-0.2, 0) is 13.5 Å². The number of aryl methyl sites for hydroxylation is 1. The van der Waals surface area contributed by atoms with Crippen LogP contribution >= 0.6 is 0 Å². The first-order chi connectivity index (χ1) is 7.26. The summed E-state index contributed by atoms with van der Waals surface area (Å²) in [5.41, 5.74) is 12.3. The van der Waals surface area contributed by atoms with Crippen molar-refractivity contribution in [3.05, 3.63) is 18.0 Å². The van der Waals surface area contributed by atoms with Gasteiger partial charge in [-0.3, -0.25) is 4.68 Å². The van der Waals surface area contributed by atoms with Crippen molar-refractivity contribution >= 4 is 0 Å². The third-order valence-corrected chi connectivity index (χ3v) is 2.37. The van der Waals surface area contributed by atoms with Crippen LogP contribution in [0.2, 0.25) is 0 Å². The van der Waals surface area contributed by atoms with Crippen molar-refractivity contribution < 1.29 is 0 Å². The summed E-state index contributed by atoms with van der Waals surface area (Å²) < 4.78 is 1.82. The summed E-state index contributed by atoms with van der Waals surface area (Å²) in [6.45, 7) is 4.20. The van der Waals surface area contributed by atoms with Crippen LogP contribution < -0.4 is 11.5 Å². The second kappa shape index (κ2) is 6.55. The maximum Gasteiger partial charge on any atom is 0.0522 e. The van der Waals surface area contributed by atoms with Gasteiger partial charge in [0.2, 0.25) is 0 Å². The van der Waals surface area contributed by atoms with Crippen molar-refractivity contribution in [1.29, 1.82) is 0 Å². The molecule has 0 saturated heterocycles. The van der Waals surface area contributed by atoms with Crippen LogP contribution in [-0.4, -0.2) is 47.4 Å². The van der Waals surface area contributed by atoms with Crippen LogP contribution in [0.25, 0.3) is 0 Å². The molecule has 0 saturated carbocycles. The Hall–Kier alpha value is -0.910. The standard InChI is InChI=1S/C10H21N5/c1-14-9-10(8-13-14)2-5-15(6-3-11)7-4-12/h8-9H,2-7,11-12H2,1H3. The molecule has 0 amide bonds. The summed E-state index contributed by atoms with van der Waals surface area (Å²) in [5, 5.41) is 4.14. The zero-order valence-corrected chi connectivity index (χ0v) is 9.39. The van der Waals surface area contributed by atoms with Gasteiger partial charge >= 0.3 is 0 Å². The molecule has 0 radical (unpaired) electrons. The Balaban J connectivity index is 2.32. The van der Waals surface area contributed by atoms with E-state index in [2.05, 4.69) is 10.00 Å². The van der Waals surface area contributed by atoms with Gasteiger partial charge in [0.05, 0.1) is 6.20 Å². The minimum atomic E-state index is 0.688. The Morgan fingerprint density at radius 2 is 1.93 bits per heavy atom. The monoisotopic (exact) mass is 211 g/mol. The number of aromatic nitrogens is 2. The van der Waals surface area contributed by atoms with E-state index in [-0.39, 0.29) is 0 Å². The third kappa shape index (κ3) is 4.42. The molecule has 4 N–H and O–H groups in total. The second-order valence-corrected chi connectivity index (χ2v) is 3.69. The van der Waals surface area contributed by atoms with Gasteiger partial charge < -0.3 is 16.4 Å². The Bertz CT molecular complexity index is 265. The molecule has 0 aliphatic heterocycles. The first-order valence-electron chi connectivity index (χ1n) is 5.36. The Kier molecular flexibility index (Phi) is 5.31. The van der Waals surface area contributed by atoms with E-state index in [9.17, 15) is 0 Å². The van der Waals surface area contributed by atoms with Crippen molar-refractivity contribution in [3.8, 4) is 0 Å². The fraction of sp³-hybridized carbons (Fsp3) is 0.700. The molecule has 0 aliphatic rings. The van der Waals surface area contributed by atoms with Gasteiger partial charge in [0.25, 0.3) is 0 Å². The Morgan fingerprint density at radius 1 is 1.27 bits per heavy atom. The SMILES string of the molecule is Cn1cc(CCN(CCN)CCN)cn1. The molecular weight excluding hydrogens is 190 g/mol. The van der Waals surface area contributed by atoms with Gasteiger partial charge in [-0.15, -0.1) is 0 Å². The first kappa shape index (κ1) is 12.2. The lowest BCUT2D eigenvalue weighted by molar-refractivity contribution is 0.292. The minimum Gasteiger partial charge on any atom is -0.329 e. The highest BCUT2D eigenvalue weighted by molar-refractivity contribution is 5.03. The number of nitrogens with two attached hydrogens (primary N) is 2. The lowest BCUT2D eigenvalue weighted by Crippen LogP contribution is -2.35. The van der Waals surface area contributed by atoms with Gasteiger partial charge in [-0.05, 0) is 12.0 Å². The lowest BCUT2D eigenvalue weighted by atomic mass is 10.2. The van der Waals surface area contributed by atoms with Crippen LogP contribution in [0.3, 0.4) is 0 Å². The quantitative estimate of drug-likeness (QED) is 0.618. The fourth-order valence-corrected chi connectivity index (χ4v) is 1.59. The third-order valence-electron chi connectivity index (χ3n) is 2.37. The van der Waals surface area contributed by atoms with Crippen molar-refractivity contribution in [3.63, 3.8) is 0 Å². The number of hydrogen-bond donors (Lipinski definition) is 2. The van der Waals surface area contributed by atoms with E-state index < -0.39 is 0 Å². The summed E-state index contributed by atoms with van der Waals surface area (Å²) in [6.07, 6.45) is 4.96. The zero-order valence-electron chi connectivity index (χ0n) is 9.39. The summed E-state index contributed by atoms with van der Waals surface area (Å²) in [5.74, 6) is 0. The summed E-state index contributed by atoms with van der Waals surface area (Å²) >= 11 is 0. The number of rotatable bonds is 7. The second-order valence-electron chi connectivity index (χ2n) is 3.69. The van der Waals surface area contributed by atoms with Gasteiger partial charge in [-0.2, -0.15) is 5.10 Å². The van der Waals surface area contributed by atoms with Gasteiger partial charge in [-0.1, -0.05) is 0 Å². The summed E-state index contributed by atoms with van der Waals surface area (Å²) in [4.78, 5) is 2.28. The highest BCUT2D eigenvalue weighted by Crippen LogP contribution is 1.99. The topological polar surface area (TPSA) is 73.1 Å². The molecule has 0 bridgehead atoms. The van der Waals surface area contributed by atoms with Crippen LogP contribution in [0.5, 0.6) is 0 Å². The van der Waals surface area contributed by atoms with Gasteiger partial charge in [0.15, 0.2) is 0 Å². The summed E-state index contributed by atoms with van der Waals surface area (Å²) in [7, 11) is 1.93. The normalized spacial score (nSPS) is 11.2. The lowest BCUT2D eigenvalue weighted by Gasteiger charge is -2.19. The van der Waals surface area contributed by atoms with E-state index in [1.54, 1.807) is 0 Å². The molecule has 5 nitrogen and oxygen atoms in total. The molecule has 15 heavy (non-hydrogen) atoms. The van der Waals surface area contributed by atoms with Crippen LogP contribution in [0, 0.1) is 0 Å². The van der Waals surface area contributed by atoms with Crippen molar-refractivity contribution in [2.24, 2.45) is 18.5 Å². The van der Waals surface area contributed by atoms with Gasteiger partial charge in [-0.25, -0.2) is 0 Å². The molecule has 0 spiro atoms. The average molecular weight is 211 g/mol. The smallest absolute Gasteiger partial charge is 0.0522 e. The molecule has 1 rings (SSSR count). The Labute approximate surface area is 91.0 Å². The van der Waals surface area contributed by atoms with Crippen LogP contribution in [0.4, 0.5) is 0 Å². The van der Waals surface area contributed by atoms with E-state index >= 15 is 0 Å². The van der Waals surface area contributed by atoms with E-state index in [4.69, 9.17) is 11.5 Å². The van der Waals surface area contributed by atoms with E-state index in [1.807, 2.05) is 24.1 Å². The molecule has 86 valence electrons. The average Bonchev–Trinajstić information content (AvgIpc) is 2.61. The maximum atomic E-state index is 5.53. The molecule has 0 aromatic carbocycles. The predicted molar refractivity (Wildman–Crippen MR) is 61.5 cm³/mol. The van der Waals surface area contributed by atoms with Crippen molar-refractivity contribution in [2.45, 2.75) is 6.42 Å². The molecular formula is C10H21N5. The first-order valence-corrected chi connectivity index (χ1v) is 5.36. The highest BCUT2D eigenvalue weighted by atomic mass is 15.2. The van der Waals surface area contributed by atoms with E-state index in [0.717, 1.165) is 26.1 Å². The van der Waals surface area contributed by atoms with Crippen molar-refractivity contribution in [2.75, 3.05) is 32.7 Å². The maximum absolute atomic E-state index is 5.53. The number of hydrogen-bond acceptors (Lipinski definition) is 4. The van der Waals surface area contributed by atoms with Crippen LogP contribution in [0.1, 0.15) is 5.56 Å². The van der Waals surface area contributed by atoms with Gasteiger partial charge in [0, 0.05) is 46.0 Å². The molecule has 0 unspecified atom stereocenters. The van der Waals surface area contributed by atoms with E-state index in [1.165, 1.54) is 5.56 Å². The molecule has 1 aromatic rings. The summed E-state index contributed by atoms with van der Waals surface area (Å²) in [6, 6.07) is 0. The molecule has 1 aromatic heterocycles. The molecule has 0 aliphatic carbocycles. The molecule has 0 atom stereocenters. The van der Waals surface area contributed by atoms with Crippen molar-refractivity contribution in [1.82, 2.24) is 14.7 Å². The number of nitrogens with zero attached hydrogens (tertiary/aromatic N) is 3. The Morgan fingerprint density at radius 3 is 2.40 bits per heavy atom. The van der Waals surface area contributed by atoms with E-state index in [0.29, 0.717) is 13.1 Å². The zero-order chi connectivity index (χ0) is 11.1. The molecule has 5 heteroatoms. The van der Waals surface area contributed by atoms with Crippen LogP contribution in [0.15, 0.2) is 12.4 Å². The molecule has 1 heterocycles. The fourth-order valence-electron chi connectivity index (χ4n) is 1.59. The van der Waals surface area contributed by atoms with Gasteiger partial charge in [0.1, 0.15) is 0 Å². The minimum absolute atomic E-state index is 0.688. The largest absolute Gasteiger partial charge is 0.329 e. The molecule has 0 fully saturated rings. The highest BCUT2D eigenvalue weighted by Gasteiger charge is 2.03. The predicted octanol–water partition coefficient (Wildman–Crippen LogP) is -0.818.